The Bertz CT molecular complexity index is 438. The molecule has 0 aromatic carbocycles. The number of aromatic nitrogens is 1. The maximum Gasteiger partial charge on any atom is 0.323 e. The Hall–Kier alpha value is -2.09. The molecule has 1 N–H and O–H groups in total. The molecule has 0 unspecified atom stereocenters. The molecule has 1 aromatic heterocycles. The molecule has 1 heterocycles. The molecule has 1 rings (SSSR count). The van der Waals surface area contributed by atoms with Crippen molar-refractivity contribution in [1.29, 1.82) is 5.26 Å². The quantitative estimate of drug-likeness (QED) is 0.833. The molecular formula is C12H15N3O2. The number of carboxylic acids is 1. The summed E-state index contributed by atoms with van der Waals surface area (Å²) in [4.78, 5) is 16.5. The van der Waals surface area contributed by atoms with Gasteiger partial charge in [0.05, 0.1) is 5.56 Å². The van der Waals surface area contributed by atoms with Crippen LogP contribution in [0.25, 0.3) is 0 Å². The second kappa shape index (κ2) is 5.85. The van der Waals surface area contributed by atoms with Gasteiger partial charge in [-0.2, -0.15) is 5.26 Å². The van der Waals surface area contributed by atoms with Crippen LogP contribution in [0.2, 0.25) is 0 Å². The van der Waals surface area contributed by atoms with Crippen molar-refractivity contribution in [3.05, 3.63) is 23.9 Å². The van der Waals surface area contributed by atoms with Gasteiger partial charge in [0.2, 0.25) is 0 Å². The molecular weight excluding hydrogens is 218 g/mol. The van der Waals surface area contributed by atoms with Crippen LogP contribution in [0, 0.1) is 17.2 Å². The Morgan fingerprint density at radius 1 is 1.65 bits per heavy atom. The van der Waals surface area contributed by atoms with E-state index in [4.69, 9.17) is 10.4 Å². The first-order valence-corrected chi connectivity index (χ1v) is 5.36. The molecule has 0 radical (unpaired) electrons. The van der Waals surface area contributed by atoms with E-state index < -0.39 is 5.97 Å². The van der Waals surface area contributed by atoms with Crippen molar-refractivity contribution in [3.8, 4) is 6.07 Å². The van der Waals surface area contributed by atoms with E-state index in [2.05, 4.69) is 4.98 Å². The van der Waals surface area contributed by atoms with Crippen molar-refractivity contribution in [2.24, 2.45) is 5.92 Å². The predicted octanol–water partition coefficient (Wildman–Crippen LogP) is 1.50. The Balaban J connectivity index is 3.03. The first kappa shape index (κ1) is 13.0. The lowest BCUT2D eigenvalue weighted by atomic mass is 10.2. The van der Waals surface area contributed by atoms with Crippen molar-refractivity contribution >= 4 is 11.8 Å². The summed E-state index contributed by atoms with van der Waals surface area (Å²) in [6.07, 6.45) is 1.56. The second-order valence-electron chi connectivity index (χ2n) is 4.15. The zero-order chi connectivity index (χ0) is 12.8. The van der Waals surface area contributed by atoms with E-state index in [9.17, 15) is 4.79 Å². The highest BCUT2D eigenvalue weighted by atomic mass is 16.4. The van der Waals surface area contributed by atoms with E-state index in [1.807, 2.05) is 19.9 Å². The maximum atomic E-state index is 10.8. The van der Waals surface area contributed by atoms with E-state index in [0.717, 1.165) is 0 Å². The molecule has 0 aliphatic heterocycles. The number of aliphatic carboxylic acids is 1. The van der Waals surface area contributed by atoms with Gasteiger partial charge >= 0.3 is 5.97 Å². The lowest BCUT2D eigenvalue weighted by molar-refractivity contribution is -0.135. The van der Waals surface area contributed by atoms with Crippen molar-refractivity contribution in [2.75, 3.05) is 18.0 Å². The maximum absolute atomic E-state index is 10.8. The monoisotopic (exact) mass is 233 g/mol. The van der Waals surface area contributed by atoms with Crippen molar-refractivity contribution < 1.29 is 9.90 Å². The van der Waals surface area contributed by atoms with Gasteiger partial charge in [-0.05, 0) is 18.1 Å². The Morgan fingerprint density at radius 3 is 2.88 bits per heavy atom. The topological polar surface area (TPSA) is 77.2 Å². The first-order chi connectivity index (χ1) is 8.04. The summed E-state index contributed by atoms with van der Waals surface area (Å²) in [7, 11) is 0. The van der Waals surface area contributed by atoms with E-state index >= 15 is 0 Å². The van der Waals surface area contributed by atoms with Crippen LogP contribution in [-0.2, 0) is 4.79 Å². The van der Waals surface area contributed by atoms with Gasteiger partial charge in [0.25, 0.3) is 0 Å². The summed E-state index contributed by atoms with van der Waals surface area (Å²) in [5.41, 5.74) is 0.398. The van der Waals surface area contributed by atoms with E-state index in [1.54, 1.807) is 23.2 Å². The van der Waals surface area contributed by atoms with Gasteiger partial charge in [0, 0.05) is 12.7 Å². The average molecular weight is 233 g/mol. The summed E-state index contributed by atoms with van der Waals surface area (Å²) in [5, 5.41) is 17.8. The standard InChI is InChI=1S/C12H15N3O2/c1-9(2)7-15(8-11(16)17)12-10(6-13)4-3-5-14-12/h3-5,9H,7-8H2,1-2H3,(H,16,17). The minimum atomic E-state index is -0.930. The number of pyridine rings is 1. The van der Waals surface area contributed by atoms with Gasteiger partial charge in [0.1, 0.15) is 18.4 Å². The van der Waals surface area contributed by atoms with Crippen molar-refractivity contribution in [3.63, 3.8) is 0 Å². The number of rotatable bonds is 5. The third-order valence-electron chi connectivity index (χ3n) is 2.12. The third kappa shape index (κ3) is 3.76. The van der Waals surface area contributed by atoms with Gasteiger partial charge in [-0.15, -0.1) is 0 Å². The van der Waals surface area contributed by atoms with Gasteiger partial charge in [-0.1, -0.05) is 13.8 Å². The first-order valence-electron chi connectivity index (χ1n) is 5.36. The predicted molar refractivity (Wildman–Crippen MR) is 63.6 cm³/mol. The normalized spacial score (nSPS) is 10.0. The van der Waals surface area contributed by atoms with Crippen LogP contribution in [0.15, 0.2) is 18.3 Å². The SMILES string of the molecule is CC(C)CN(CC(=O)O)c1ncccc1C#N. The fraction of sp³-hybridized carbons (Fsp3) is 0.417. The Morgan fingerprint density at radius 2 is 2.35 bits per heavy atom. The lowest BCUT2D eigenvalue weighted by Crippen LogP contribution is -2.34. The number of hydrogen-bond donors (Lipinski definition) is 1. The van der Waals surface area contributed by atoms with Crippen LogP contribution in [0.1, 0.15) is 19.4 Å². The molecule has 90 valence electrons. The van der Waals surface area contributed by atoms with Crippen LogP contribution in [-0.4, -0.2) is 29.1 Å². The van der Waals surface area contributed by atoms with Crippen LogP contribution in [0.5, 0.6) is 0 Å². The average Bonchev–Trinajstić information content (AvgIpc) is 2.27. The highest BCUT2D eigenvalue weighted by Crippen LogP contribution is 2.17. The van der Waals surface area contributed by atoms with Gasteiger partial charge < -0.3 is 10.0 Å². The molecule has 17 heavy (non-hydrogen) atoms. The Kier molecular flexibility index (Phi) is 4.46. The second-order valence-corrected chi connectivity index (χ2v) is 4.15. The largest absolute Gasteiger partial charge is 0.480 e. The van der Waals surface area contributed by atoms with Gasteiger partial charge in [0.15, 0.2) is 0 Å². The fourth-order valence-corrected chi connectivity index (χ4v) is 1.57. The number of nitriles is 1. The minimum Gasteiger partial charge on any atom is -0.480 e. The van der Waals surface area contributed by atoms with Gasteiger partial charge in [-0.3, -0.25) is 4.79 Å². The lowest BCUT2D eigenvalue weighted by Gasteiger charge is -2.24. The zero-order valence-corrected chi connectivity index (χ0v) is 9.92. The number of carboxylic acid groups (broad SMARTS) is 1. The molecule has 0 fully saturated rings. The summed E-state index contributed by atoms with van der Waals surface area (Å²) in [6, 6.07) is 5.32. The number of anilines is 1. The smallest absolute Gasteiger partial charge is 0.323 e. The molecule has 0 saturated heterocycles. The summed E-state index contributed by atoms with van der Waals surface area (Å²) < 4.78 is 0. The summed E-state index contributed by atoms with van der Waals surface area (Å²) >= 11 is 0. The highest BCUT2D eigenvalue weighted by Gasteiger charge is 2.16. The Labute approximate surface area is 100 Å². The molecule has 0 aliphatic rings. The van der Waals surface area contributed by atoms with Crippen LogP contribution < -0.4 is 4.90 Å². The molecule has 0 bridgehead atoms. The van der Waals surface area contributed by atoms with E-state index in [1.165, 1.54) is 0 Å². The number of carbonyl (C=O) groups is 1. The molecule has 0 spiro atoms. The molecule has 0 amide bonds. The molecule has 1 aromatic rings. The summed E-state index contributed by atoms with van der Waals surface area (Å²) in [6.45, 7) is 4.38. The zero-order valence-electron chi connectivity index (χ0n) is 9.92. The van der Waals surface area contributed by atoms with Crippen LogP contribution in [0.4, 0.5) is 5.82 Å². The molecule has 5 heteroatoms. The van der Waals surface area contributed by atoms with Crippen molar-refractivity contribution in [1.82, 2.24) is 4.98 Å². The van der Waals surface area contributed by atoms with Gasteiger partial charge in [-0.25, -0.2) is 4.98 Å². The molecule has 0 aliphatic carbocycles. The van der Waals surface area contributed by atoms with Crippen molar-refractivity contribution in [2.45, 2.75) is 13.8 Å². The third-order valence-corrected chi connectivity index (χ3v) is 2.12. The van der Waals surface area contributed by atoms with Crippen LogP contribution >= 0.6 is 0 Å². The summed E-state index contributed by atoms with van der Waals surface area (Å²) in [5.74, 6) is -0.200. The number of nitrogens with zero attached hydrogens (tertiary/aromatic N) is 3. The van der Waals surface area contributed by atoms with E-state index in [0.29, 0.717) is 23.8 Å². The molecule has 0 saturated carbocycles. The molecule has 0 atom stereocenters. The number of hydrogen-bond acceptors (Lipinski definition) is 4. The van der Waals surface area contributed by atoms with E-state index in [-0.39, 0.29) is 6.54 Å². The van der Waals surface area contributed by atoms with Crippen LogP contribution in [0.3, 0.4) is 0 Å². The fourth-order valence-electron chi connectivity index (χ4n) is 1.57. The minimum absolute atomic E-state index is 0.149. The molecule has 5 nitrogen and oxygen atoms in total. The highest BCUT2D eigenvalue weighted by molar-refractivity contribution is 5.74.